The molecule has 0 bridgehead atoms. The summed E-state index contributed by atoms with van der Waals surface area (Å²) >= 11 is 0. The topological polar surface area (TPSA) is 32.3 Å². The van der Waals surface area contributed by atoms with Crippen molar-refractivity contribution >= 4 is 5.91 Å². The molecular weight excluding hydrogens is 164 g/mol. The summed E-state index contributed by atoms with van der Waals surface area (Å²) in [6.45, 7) is 10.7. The molecule has 0 saturated heterocycles. The Balaban J connectivity index is 4.35. The monoisotopic (exact) mass is 186 g/mol. The Labute approximate surface area is 81.5 Å². The second-order valence-electron chi connectivity index (χ2n) is 4.20. The first-order valence-corrected chi connectivity index (χ1v) is 4.84. The summed E-state index contributed by atoms with van der Waals surface area (Å²) in [7, 11) is 1.96. The number of likely N-dealkylation sites (N-methyl/N-ethyl adjacent to an activating group) is 1. The third kappa shape index (κ3) is 3.35. The van der Waals surface area contributed by atoms with E-state index in [0.717, 1.165) is 6.54 Å². The zero-order valence-electron chi connectivity index (χ0n) is 9.64. The molecule has 0 atom stereocenters. The van der Waals surface area contributed by atoms with Gasteiger partial charge in [-0.1, -0.05) is 6.92 Å². The van der Waals surface area contributed by atoms with Gasteiger partial charge in [-0.25, -0.2) is 0 Å². The van der Waals surface area contributed by atoms with Crippen molar-refractivity contribution in [2.75, 3.05) is 13.6 Å². The molecule has 1 amide bonds. The maximum atomic E-state index is 11.7. The minimum absolute atomic E-state index is 0.0897. The van der Waals surface area contributed by atoms with Crippen molar-refractivity contribution in [2.24, 2.45) is 0 Å². The van der Waals surface area contributed by atoms with Gasteiger partial charge in [-0.2, -0.15) is 0 Å². The van der Waals surface area contributed by atoms with Crippen LogP contribution in [-0.2, 0) is 4.79 Å². The summed E-state index contributed by atoms with van der Waals surface area (Å²) in [5, 5.41) is 2.92. The quantitative estimate of drug-likeness (QED) is 0.716. The van der Waals surface area contributed by atoms with Crippen molar-refractivity contribution in [1.29, 1.82) is 0 Å². The number of nitrogens with zero attached hydrogens (tertiary/aromatic N) is 1. The Morgan fingerprint density at radius 2 is 1.92 bits per heavy atom. The number of amides is 1. The highest BCUT2D eigenvalue weighted by atomic mass is 16.2. The summed E-state index contributed by atoms with van der Waals surface area (Å²) in [6, 6.07) is 0.206. The number of nitrogens with one attached hydrogen (secondary N) is 1. The van der Waals surface area contributed by atoms with Crippen molar-refractivity contribution < 1.29 is 4.79 Å². The SMILES string of the molecule is CCN(C)C(C)(C)C(=O)NC(C)C. The van der Waals surface area contributed by atoms with Gasteiger partial charge in [0.15, 0.2) is 0 Å². The zero-order chi connectivity index (χ0) is 10.6. The third-order valence-corrected chi connectivity index (χ3v) is 2.40. The predicted octanol–water partition coefficient (Wildman–Crippen LogP) is 1.24. The second kappa shape index (κ2) is 4.61. The summed E-state index contributed by atoms with van der Waals surface area (Å²) in [5.74, 6) is 0.0897. The van der Waals surface area contributed by atoms with Crippen LogP contribution in [0, 0.1) is 0 Å². The fourth-order valence-electron chi connectivity index (χ4n) is 1.01. The summed E-state index contributed by atoms with van der Waals surface area (Å²) in [4.78, 5) is 13.8. The summed E-state index contributed by atoms with van der Waals surface area (Å²) in [6.07, 6.45) is 0. The van der Waals surface area contributed by atoms with Crippen molar-refractivity contribution in [3.8, 4) is 0 Å². The lowest BCUT2D eigenvalue weighted by Crippen LogP contribution is -2.54. The largest absolute Gasteiger partial charge is 0.352 e. The van der Waals surface area contributed by atoms with Gasteiger partial charge in [0.2, 0.25) is 5.91 Å². The smallest absolute Gasteiger partial charge is 0.240 e. The van der Waals surface area contributed by atoms with Crippen LogP contribution in [0.2, 0.25) is 0 Å². The molecule has 0 heterocycles. The van der Waals surface area contributed by atoms with Crippen molar-refractivity contribution in [1.82, 2.24) is 10.2 Å². The Morgan fingerprint density at radius 1 is 1.46 bits per heavy atom. The summed E-state index contributed by atoms with van der Waals surface area (Å²) in [5.41, 5.74) is -0.418. The Kier molecular flexibility index (Phi) is 4.40. The van der Waals surface area contributed by atoms with Gasteiger partial charge >= 0.3 is 0 Å². The summed E-state index contributed by atoms with van der Waals surface area (Å²) < 4.78 is 0. The minimum atomic E-state index is -0.418. The fraction of sp³-hybridized carbons (Fsp3) is 0.900. The third-order valence-electron chi connectivity index (χ3n) is 2.40. The van der Waals surface area contributed by atoms with E-state index in [1.807, 2.05) is 46.6 Å². The van der Waals surface area contributed by atoms with Crippen LogP contribution < -0.4 is 5.32 Å². The molecule has 0 spiro atoms. The maximum absolute atomic E-state index is 11.7. The molecule has 0 unspecified atom stereocenters. The van der Waals surface area contributed by atoms with Gasteiger partial charge in [0.1, 0.15) is 0 Å². The lowest BCUT2D eigenvalue weighted by Gasteiger charge is -2.33. The lowest BCUT2D eigenvalue weighted by atomic mass is 10.0. The van der Waals surface area contributed by atoms with Crippen LogP contribution in [0.4, 0.5) is 0 Å². The number of hydrogen-bond acceptors (Lipinski definition) is 2. The molecule has 0 aliphatic heterocycles. The molecule has 0 aromatic heterocycles. The maximum Gasteiger partial charge on any atom is 0.240 e. The van der Waals surface area contributed by atoms with E-state index in [0.29, 0.717) is 0 Å². The molecule has 0 aliphatic rings. The van der Waals surface area contributed by atoms with Gasteiger partial charge in [0.05, 0.1) is 5.54 Å². The van der Waals surface area contributed by atoms with E-state index in [-0.39, 0.29) is 11.9 Å². The van der Waals surface area contributed by atoms with E-state index in [1.165, 1.54) is 0 Å². The lowest BCUT2D eigenvalue weighted by molar-refractivity contribution is -0.131. The molecule has 78 valence electrons. The number of hydrogen-bond donors (Lipinski definition) is 1. The molecule has 0 aromatic carbocycles. The highest BCUT2D eigenvalue weighted by Gasteiger charge is 2.31. The molecule has 0 radical (unpaired) electrons. The van der Waals surface area contributed by atoms with Crippen LogP contribution in [0.25, 0.3) is 0 Å². The molecule has 0 fully saturated rings. The molecule has 0 saturated carbocycles. The number of carbonyl (C=O) groups excluding carboxylic acids is 1. The van der Waals surface area contributed by atoms with Crippen LogP contribution in [0.5, 0.6) is 0 Å². The van der Waals surface area contributed by atoms with Crippen LogP contribution in [0.3, 0.4) is 0 Å². The molecule has 0 aliphatic carbocycles. The molecule has 0 rings (SSSR count). The Bertz CT molecular complexity index is 176. The van der Waals surface area contributed by atoms with Crippen molar-refractivity contribution in [2.45, 2.75) is 46.2 Å². The standard InChI is InChI=1S/C10H22N2O/c1-7-12(6)10(4,5)9(13)11-8(2)3/h8H,7H2,1-6H3,(H,11,13). The van der Waals surface area contributed by atoms with Crippen molar-refractivity contribution in [3.63, 3.8) is 0 Å². The van der Waals surface area contributed by atoms with E-state index >= 15 is 0 Å². The molecule has 0 aromatic rings. The molecule has 13 heavy (non-hydrogen) atoms. The highest BCUT2D eigenvalue weighted by molar-refractivity contribution is 5.85. The van der Waals surface area contributed by atoms with E-state index in [2.05, 4.69) is 5.32 Å². The first-order chi connectivity index (χ1) is 5.82. The van der Waals surface area contributed by atoms with Crippen LogP contribution in [0.1, 0.15) is 34.6 Å². The minimum Gasteiger partial charge on any atom is -0.352 e. The van der Waals surface area contributed by atoms with Crippen LogP contribution in [-0.4, -0.2) is 36.0 Å². The molecule has 3 heteroatoms. The average molecular weight is 186 g/mol. The van der Waals surface area contributed by atoms with Crippen LogP contribution in [0.15, 0.2) is 0 Å². The van der Waals surface area contributed by atoms with E-state index in [1.54, 1.807) is 0 Å². The van der Waals surface area contributed by atoms with Gasteiger partial charge < -0.3 is 5.32 Å². The second-order valence-corrected chi connectivity index (χ2v) is 4.20. The van der Waals surface area contributed by atoms with E-state index in [4.69, 9.17) is 0 Å². The van der Waals surface area contributed by atoms with E-state index in [9.17, 15) is 4.79 Å². The highest BCUT2D eigenvalue weighted by Crippen LogP contribution is 2.11. The van der Waals surface area contributed by atoms with Gasteiger partial charge in [0, 0.05) is 6.04 Å². The first kappa shape index (κ1) is 12.4. The van der Waals surface area contributed by atoms with Gasteiger partial charge in [0.25, 0.3) is 0 Å². The van der Waals surface area contributed by atoms with E-state index < -0.39 is 5.54 Å². The van der Waals surface area contributed by atoms with Crippen LogP contribution >= 0.6 is 0 Å². The Morgan fingerprint density at radius 3 is 2.23 bits per heavy atom. The van der Waals surface area contributed by atoms with Crippen molar-refractivity contribution in [3.05, 3.63) is 0 Å². The number of rotatable bonds is 4. The fourth-order valence-corrected chi connectivity index (χ4v) is 1.01. The average Bonchev–Trinajstić information content (AvgIpc) is 2.01. The zero-order valence-corrected chi connectivity index (χ0v) is 9.64. The van der Waals surface area contributed by atoms with Gasteiger partial charge in [-0.3, -0.25) is 9.69 Å². The van der Waals surface area contributed by atoms with Gasteiger partial charge in [-0.05, 0) is 41.3 Å². The Hall–Kier alpha value is -0.570. The predicted molar refractivity (Wildman–Crippen MR) is 55.7 cm³/mol. The first-order valence-electron chi connectivity index (χ1n) is 4.84. The molecule has 1 N–H and O–H groups in total. The normalized spacial score (nSPS) is 12.3. The number of carbonyl (C=O) groups is 1. The van der Waals surface area contributed by atoms with Gasteiger partial charge in [-0.15, -0.1) is 0 Å². The molecular formula is C10H22N2O. The molecule has 3 nitrogen and oxygen atoms in total.